The molecule has 4 nitrogen and oxygen atoms in total. The zero-order valence-electron chi connectivity index (χ0n) is 17.6. The lowest BCUT2D eigenvalue weighted by Gasteiger charge is -2.30. The van der Waals surface area contributed by atoms with Gasteiger partial charge in [0, 0.05) is 28.6 Å². The number of carbonyl (C=O) groups is 2. The number of carbonyl (C=O) groups excluding carboxylic acids is 2. The van der Waals surface area contributed by atoms with Crippen LogP contribution in [0.2, 0.25) is 0 Å². The van der Waals surface area contributed by atoms with Gasteiger partial charge in [0.25, 0.3) is 5.91 Å². The normalized spacial score (nSPS) is 15.6. The molecule has 0 fully saturated rings. The zero-order valence-corrected chi connectivity index (χ0v) is 18.4. The van der Waals surface area contributed by atoms with Crippen molar-refractivity contribution in [2.24, 2.45) is 0 Å². The summed E-state index contributed by atoms with van der Waals surface area (Å²) in [5.74, 6) is -1.08. The predicted molar refractivity (Wildman–Crippen MR) is 113 cm³/mol. The fourth-order valence-electron chi connectivity index (χ4n) is 3.75. The molecule has 0 N–H and O–H groups in total. The minimum atomic E-state index is -0.450. The molecular weight excluding hydrogens is 389 g/mol. The number of hydrogen-bond acceptors (Lipinski definition) is 4. The number of esters is 1. The van der Waals surface area contributed by atoms with Gasteiger partial charge >= 0.3 is 5.97 Å². The third kappa shape index (κ3) is 4.13. The van der Waals surface area contributed by atoms with Crippen LogP contribution in [0.3, 0.4) is 0 Å². The van der Waals surface area contributed by atoms with E-state index < -0.39 is 5.97 Å². The summed E-state index contributed by atoms with van der Waals surface area (Å²) in [5.41, 5.74) is 2.94. The van der Waals surface area contributed by atoms with Gasteiger partial charge in [-0.05, 0) is 68.0 Å². The van der Waals surface area contributed by atoms with Crippen molar-refractivity contribution in [3.05, 3.63) is 62.7 Å². The van der Waals surface area contributed by atoms with E-state index in [0.29, 0.717) is 23.2 Å². The van der Waals surface area contributed by atoms with E-state index in [9.17, 15) is 14.0 Å². The second-order valence-corrected chi connectivity index (χ2v) is 9.28. The van der Waals surface area contributed by atoms with Crippen LogP contribution < -0.4 is 0 Å². The SMILES string of the molecule is Cc1cc(C(=O)N2C=C(C(=O)OC(C)C)c3scc(C)c3C(C)(C)C2)ccc1F. The lowest BCUT2D eigenvalue weighted by molar-refractivity contribution is -0.140. The van der Waals surface area contributed by atoms with Crippen molar-refractivity contribution in [2.45, 2.75) is 53.1 Å². The highest BCUT2D eigenvalue weighted by Gasteiger charge is 2.37. The highest BCUT2D eigenvalue weighted by molar-refractivity contribution is 7.11. The number of hydrogen-bond donors (Lipinski definition) is 0. The summed E-state index contributed by atoms with van der Waals surface area (Å²) in [6.45, 7) is 11.8. The van der Waals surface area contributed by atoms with Crippen LogP contribution in [0.4, 0.5) is 4.39 Å². The molecule has 1 aliphatic rings. The molecule has 0 bridgehead atoms. The van der Waals surface area contributed by atoms with Crippen LogP contribution >= 0.6 is 11.3 Å². The topological polar surface area (TPSA) is 46.6 Å². The zero-order chi connectivity index (χ0) is 21.5. The fourth-order valence-corrected chi connectivity index (χ4v) is 4.98. The summed E-state index contributed by atoms with van der Waals surface area (Å²) in [4.78, 5) is 28.5. The molecule has 1 aromatic carbocycles. The number of rotatable bonds is 3. The molecule has 0 atom stereocenters. The molecule has 1 aliphatic heterocycles. The minimum Gasteiger partial charge on any atom is -0.459 e. The Morgan fingerprint density at radius 3 is 2.52 bits per heavy atom. The number of fused-ring (bicyclic) bond motifs is 1. The Morgan fingerprint density at radius 2 is 1.90 bits per heavy atom. The number of nitrogens with zero attached hydrogens (tertiary/aromatic N) is 1. The number of thiophene rings is 1. The molecule has 0 unspecified atom stereocenters. The molecular formula is C23H26FNO3S. The van der Waals surface area contributed by atoms with E-state index in [1.807, 2.05) is 12.3 Å². The first-order chi connectivity index (χ1) is 13.5. The lowest BCUT2D eigenvalue weighted by atomic mass is 9.82. The molecule has 154 valence electrons. The maximum atomic E-state index is 13.7. The molecule has 1 aromatic heterocycles. The van der Waals surface area contributed by atoms with E-state index >= 15 is 0 Å². The van der Waals surface area contributed by atoms with E-state index in [0.717, 1.165) is 16.0 Å². The quantitative estimate of drug-likeness (QED) is 0.645. The number of benzene rings is 1. The third-order valence-electron chi connectivity index (χ3n) is 4.98. The Kier molecular flexibility index (Phi) is 5.68. The van der Waals surface area contributed by atoms with Crippen molar-refractivity contribution in [2.75, 3.05) is 6.54 Å². The van der Waals surface area contributed by atoms with Crippen molar-refractivity contribution in [1.29, 1.82) is 0 Å². The highest BCUT2D eigenvalue weighted by Crippen LogP contribution is 2.41. The van der Waals surface area contributed by atoms with Crippen molar-refractivity contribution in [3.8, 4) is 0 Å². The Balaban J connectivity index is 2.11. The molecule has 0 saturated carbocycles. The number of ether oxygens (including phenoxy) is 1. The van der Waals surface area contributed by atoms with Crippen molar-refractivity contribution < 1.29 is 18.7 Å². The third-order valence-corrected chi connectivity index (χ3v) is 6.11. The molecule has 3 rings (SSSR count). The average Bonchev–Trinajstić information content (AvgIpc) is 2.95. The molecule has 2 aromatic rings. The second-order valence-electron chi connectivity index (χ2n) is 8.40. The van der Waals surface area contributed by atoms with Crippen LogP contribution in [0.15, 0.2) is 29.8 Å². The van der Waals surface area contributed by atoms with Crippen LogP contribution in [0.1, 0.15) is 59.6 Å². The van der Waals surface area contributed by atoms with Gasteiger partial charge in [-0.3, -0.25) is 4.79 Å². The molecule has 6 heteroatoms. The van der Waals surface area contributed by atoms with E-state index in [4.69, 9.17) is 4.74 Å². The first kappa shape index (κ1) is 21.2. The smallest absolute Gasteiger partial charge is 0.341 e. The Morgan fingerprint density at radius 1 is 1.21 bits per heavy atom. The van der Waals surface area contributed by atoms with Gasteiger partial charge in [-0.2, -0.15) is 0 Å². The summed E-state index contributed by atoms with van der Waals surface area (Å²) in [6, 6.07) is 4.31. The highest BCUT2D eigenvalue weighted by atomic mass is 32.1. The monoisotopic (exact) mass is 415 g/mol. The van der Waals surface area contributed by atoms with Gasteiger partial charge in [0.1, 0.15) is 5.82 Å². The van der Waals surface area contributed by atoms with Gasteiger partial charge in [-0.15, -0.1) is 11.3 Å². The van der Waals surface area contributed by atoms with E-state index in [2.05, 4.69) is 13.8 Å². The van der Waals surface area contributed by atoms with E-state index in [-0.39, 0.29) is 23.2 Å². The number of aryl methyl sites for hydroxylation is 2. The van der Waals surface area contributed by atoms with Gasteiger partial charge in [0.05, 0.1) is 11.7 Å². The first-order valence-electron chi connectivity index (χ1n) is 9.60. The van der Waals surface area contributed by atoms with Crippen LogP contribution in [0.5, 0.6) is 0 Å². The summed E-state index contributed by atoms with van der Waals surface area (Å²) in [7, 11) is 0. The van der Waals surface area contributed by atoms with Gasteiger partial charge in [0.2, 0.25) is 0 Å². The number of halogens is 1. The minimum absolute atomic E-state index is 0.270. The lowest BCUT2D eigenvalue weighted by Crippen LogP contribution is -2.37. The van der Waals surface area contributed by atoms with Crippen LogP contribution in [0.25, 0.3) is 5.57 Å². The van der Waals surface area contributed by atoms with Gasteiger partial charge in [0.15, 0.2) is 0 Å². The van der Waals surface area contributed by atoms with Crippen LogP contribution in [0, 0.1) is 19.7 Å². The van der Waals surface area contributed by atoms with E-state index in [1.54, 1.807) is 31.9 Å². The standard InChI is InChI=1S/C23H26FNO3S/c1-13(2)28-22(27)17-10-25(21(26)16-7-8-18(24)14(3)9-16)12-23(5,6)19-15(4)11-29-20(17)19/h7-11,13H,12H2,1-6H3. The summed E-state index contributed by atoms with van der Waals surface area (Å²) in [5, 5.41) is 2.03. The van der Waals surface area contributed by atoms with Crippen LogP contribution in [-0.4, -0.2) is 29.4 Å². The van der Waals surface area contributed by atoms with Crippen LogP contribution in [-0.2, 0) is 14.9 Å². The summed E-state index contributed by atoms with van der Waals surface area (Å²) in [6.07, 6.45) is 1.32. The van der Waals surface area contributed by atoms with Crippen molar-refractivity contribution >= 4 is 28.8 Å². The second kappa shape index (κ2) is 7.75. The molecule has 0 radical (unpaired) electrons. The first-order valence-corrected chi connectivity index (χ1v) is 10.5. The summed E-state index contributed by atoms with van der Waals surface area (Å²) < 4.78 is 19.1. The van der Waals surface area contributed by atoms with Crippen molar-refractivity contribution in [3.63, 3.8) is 0 Å². The predicted octanol–water partition coefficient (Wildman–Crippen LogP) is 5.23. The molecule has 2 heterocycles. The molecule has 1 amide bonds. The molecule has 0 spiro atoms. The van der Waals surface area contributed by atoms with Gasteiger partial charge in [-0.1, -0.05) is 13.8 Å². The van der Waals surface area contributed by atoms with Gasteiger partial charge < -0.3 is 9.64 Å². The van der Waals surface area contributed by atoms with E-state index in [1.165, 1.54) is 29.5 Å². The molecule has 29 heavy (non-hydrogen) atoms. The molecule has 0 saturated heterocycles. The maximum absolute atomic E-state index is 13.7. The van der Waals surface area contributed by atoms with Gasteiger partial charge in [-0.25, -0.2) is 9.18 Å². The Labute approximate surface area is 175 Å². The molecule has 0 aliphatic carbocycles. The average molecular weight is 416 g/mol. The maximum Gasteiger partial charge on any atom is 0.341 e. The summed E-state index contributed by atoms with van der Waals surface area (Å²) >= 11 is 1.49. The fraction of sp³-hybridized carbons (Fsp3) is 0.391. The Bertz CT molecular complexity index is 1000. The number of amides is 1. The largest absolute Gasteiger partial charge is 0.459 e. The Hall–Kier alpha value is -2.47. The van der Waals surface area contributed by atoms with Crippen molar-refractivity contribution in [1.82, 2.24) is 4.90 Å².